The quantitative estimate of drug-likeness (QED) is 0.486. The lowest BCUT2D eigenvalue weighted by atomic mass is 10.2. The van der Waals surface area contributed by atoms with Gasteiger partial charge in [0.2, 0.25) is 0 Å². The molecule has 0 amide bonds. The average molecular weight is 283 g/mol. The van der Waals surface area contributed by atoms with E-state index in [-0.39, 0.29) is 22.9 Å². The molecule has 1 heterocycles. The molecule has 19 heavy (non-hydrogen) atoms. The summed E-state index contributed by atoms with van der Waals surface area (Å²) in [7, 11) is 0. The minimum absolute atomic E-state index is 0.0706. The van der Waals surface area contributed by atoms with Crippen LogP contribution in [-0.2, 0) is 5.88 Å². The molecule has 0 aliphatic rings. The topological polar surface area (TPSA) is 104 Å². The van der Waals surface area contributed by atoms with Crippen molar-refractivity contribution in [3.8, 4) is 5.69 Å². The monoisotopic (exact) mass is 282 g/mol. The number of alkyl halides is 1. The molecule has 1 aromatic carbocycles. The van der Waals surface area contributed by atoms with E-state index in [1.807, 2.05) is 0 Å². The van der Waals surface area contributed by atoms with Crippen LogP contribution in [0.25, 0.3) is 5.69 Å². The van der Waals surface area contributed by atoms with Gasteiger partial charge in [0.1, 0.15) is 11.5 Å². The highest BCUT2D eigenvalue weighted by Crippen LogP contribution is 2.28. The largest absolute Gasteiger partial charge is 0.300 e. The number of imidazole rings is 1. The van der Waals surface area contributed by atoms with E-state index in [0.29, 0.717) is 5.82 Å². The molecule has 0 fully saturated rings. The van der Waals surface area contributed by atoms with Gasteiger partial charge in [-0.1, -0.05) is 0 Å². The Hall–Kier alpha value is -2.48. The number of hydrogen-bond acceptors (Lipinski definition) is 5. The molecule has 0 unspecified atom stereocenters. The molecule has 8 nitrogen and oxygen atoms in total. The van der Waals surface area contributed by atoms with E-state index in [0.717, 1.165) is 6.07 Å². The second kappa shape index (κ2) is 5.02. The standard InChI is InChI=1S/C10H7ClN4O4/c11-6-10-12-3-4-13(10)8-2-1-7(14(16)17)5-9(8)15(18)19/h1-5H,6H2. The summed E-state index contributed by atoms with van der Waals surface area (Å²) in [5.74, 6) is 0.486. The summed E-state index contributed by atoms with van der Waals surface area (Å²) in [4.78, 5) is 24.2. The van der Waals surface area contributed by atoms with Gasteiger partial charge in [0, 0.05) is 18.5 Å². The van der Waals surface area contributed by atoms with Crippen molar-refractivity contribution in [1.29, 1.82) is 0 Å². The molecule has 98 valence electrons. The molecule has 2 aromatic rings. The highest BCUT2D eigenvalue weighted by Gasteiger charge is 2.21. The van der Waals surface area contributed by atoms with Crippen molar-refractivity contribution in [3.05, 3.63) is 56.6 Å². The molecular weight excluding hydrogens is 276 g/mol. The number of nitro groups is 2. The number of halogens is 1. The molecule has 1 aromatic heterocycles. The van der Waals surface area contributed by atoms with Gasteiger partial charge in [-0.25, -0.2) is 4.98 Å². The maximum absolute atomic E-state index is 11.0. The third-order valence-electron chi connectivity index (χ3n) is 2.46. The fourth-order valence-electron chi connectivity index (χ4n) is 1.63. The molecule has 0 spiro atoms. The number of hydrogen-bond donors (Lipinski definition) is 0. The van der Waals surface area contributed by atoms with Crippen LogP contribution in [0.1, 0.15) is 5.82 Å². The number of aromatic nitrogens is 2. The number of benzene rings is 1. The van der Waals surface area contributed by atoms with Crippen molar-refractivity contribution in [1.82, 2.24) is 9.55 Å². The fraction of sp³-hybridized carbons (Fsp3) is 0.100. The Bertz CT molecular complexity index is 655. The molecule has 0 saturated heterocycles. The number of nitro benzene ring substituents is 2. The van der Waals surface area contributed by atoms with Gasteiger partial charge < -0.3 is 0 Å². The maximum Gasteiger partial charge on any atom is 0.300 e. The van der Waals surface area contributed by atoms with Crippen LogP contribution < -0.4 is 0 Å². The van der Waals surface area contributed by atoms with Gasteiger partial charge in [0.15, 0.2) is 0 Å². The Morgan fingerprint density at radius 3 is 2.58 bits per heavy atom. The molecular formula is C10H7ClN4O4. The van der Waals surface area contributed by atoms with Crippen LogP contribution in [0.4, 0.5) is 11.4 Å². The Kier molecular flexibility index (Phi) is 3.43. The summed E-state index contributed by atoms with van der Waals surface area (Å²) in [6.07, 6.45) is 2.95. The summed E-state index contributed by atoms with van der Waals surface area (Å²) in [6.45, 7) is 0. The van der Waals surface area contributed by atoms with E-state index < -0.39 is 9.85 Å². The molecule has 0 aliphatic heterocycles. The Morgan fingerprint density at radius 1 is 1.26 bits per heavy atom. The second-order valence-electron chi connectivity index (χ2n) is 3.53. The van der Waals surface area contributed by atoms with E-state index >= 15 is 0 Å². The number of non-ortho nitro benzene ring substituents is 1. The molecule has 0 radical (unpaired) electrons. The van der Waals surface area contributed by atoms with Gasteiger partial charge in [-0.05, 0) is 6.07 Å². The van der Waals surface area contributed by atoms with Crippen LogP contribution in [0, 0.1) is 20.2 Å². The first kappa shape index (κ1) is 13.0. The molecule has 0 atom stereocenters. The summed E-state index contributed by atoms with van der Waals surface area (Å²) in [5, 5.41) is 21.6. The van der Waals surface area contributed by atoms with E-state index in [9.17, 15) is 20.2 Å². The zero-order valence-electron chi connectivity index (χ0n) is 9.39. The van der Waals surface area contributed by atoms with Gasteiger partial charge in [-0.3, -0.25) is 24.8 Å². The van der Waals surface area contributed by atoms with E-state index in [1.54, 1.807) is 0 Å². The Morgan fingerprint density at radius 2 is 2.00 bits per heavy atom. The predicted molar refractivity (Wildman–Crippen MR) is 66.4 cm³/mol. The molecule has 0 aliphatic carbocycles. The zero-order valence-corrected chi connectivity index (χ0v) is 10.1. The summed E-state index contributed by atoms with van der Waals surface area (Å²) < 4.78 is 1.43. The predicted octanol–water partition coefficient (Wildman–Crippen LogP) is 2.43. The molecule has 9 heteroatoms. The highest BCUT2D eigenvalue weighted by atomic mass is 35.5. The first-order valence-electron chi connectivity index (χ1n) is 5.06. The van der Waals surface area contributed by atoms with Gasteiger partial charge >= 0.3 is 0 Å². The molecule has 0 bridgehead atoms. The molecule has 0 N–H and O–H groups in total. The zero-order chi connectivity index (χ0) is 14.0. The first-order valence-corrected chi connectivity index (χ1v) is 5.59. The van der Waals surface area contributed by atoms with Gasteiger partial charge in [0.25, 0.3) is 11.4 Å². The van der Waals surface area contributed by atoms with Crippen molar-refractivity contribution in [3.63, 3.8) is 0 Å². The molecule has 2 rings (SSSR count). The van der Waals surface area contributed by atoms with Crippen LogP contribution in [0.5, 0.6) is 0 Å². The van der Waals surface area contributed by atoms with Crippen LogP contribution in [-0.4, -0.2) is 19.4 Å². The lowest BCUT2D eigenvalue weighted by Crippen LogP contribution is -2.03. The summed E-state index contributed by atoms with van der Waals surface area (Å²) in [6, 6.07) is 3.40. The molecule has 0 saturated carbocycles. The third kappa shape index (κ3) is 2.38. The summed E-state index contributed by atoms with van der Waals surface area (Å²) >= 11 is 5.68. The second-order valence-corrected chi connectivity index (χ2v) is 3.80. The third-order valence-corrected chi connectivity index (χ3v) is 2.70. The Labute approximate surface area is 111 Å². The van der Waals surface area contributed by atoms with E-state index in [1.165, 1.54) is 29.1 Å². The number of nitrogens with zero attached hydrogens (tertiary/aromatic N) is 4. The van der Waals surface area contributed by atoms with Gasteiger partial charge in [-0.15, -0.1) is 11.6 Å². The van der Waals surface area contributed by atoms with E-state index in [4.69, 9.17) is 11.6 Å². The Balaban J connectivity index is 2.63. The van der Waals surface area contributed by atoms with Crippen molar-refractivity contribution in [2.24, 2.45) is 0 Å². The lowest BCUT2D eigenvalue weighted by Gasteiger charge is -2.06. The van der Waals surface area contributed by atoms with Crippen LogP contribution >= 0.6 is 11.6 Å². The summed E-state index contributed by atoms with van der Waals surface area (Å²) in [5.41, 5.74) is -0.537. The normalized spacial score (nSPS) is 10.4. The van der Waals surface area contributed by atoms with E-state index in [2.05, 4.69) is 4.98 Å². The van der Waals surface area contributed by atoms with Crippen LogP contribution in [0.15, 0.2) is 30.6 Å². The first-order chi connectivity index (χ1) is 9.04. The average Bonchev–Trinajstić information content (AvgIpc) is 2.85. The maximum atomic E-state index is 11.0. The minimum Gasteiger partial charge on any atom is -0.297 e. The highest BCUT2D eigenvalue weighted by molar-refractivity contribution is 6.16. The van der Waals surface area contributed by atoms with Crippen molar-refractivity contribution < 1.29 is 9.85 Å². The minimum atomic E-state index is -0.687. The van der Waals surface area contributed by atoms with Gasteiger partial charge in [-0.2, -0.15) is 0 Å². The smallest absolute Gasteiger partial charge is 0.297 e. The van der Waals surface area contributed by atoms with Crippen molar-refractivity contribution in [2.45, 2.75) is 5.88 Å². The van der Waals surface area contributed by atoms with Crippen molar-refractivity contribution in [2.75, 3.05) is 0 Å². The SMILES string of the molecule is O=[N+]([O-])c1ccc(-n2ccnc2CCl)c([N+](=O)[O-])c1. The van der Waals surface area contributed by atoms with Crippen molar-refractivity contribution >= 4 is 23.0 Å². The van der Waals surface area contributed by atoms with Gasteiger partial charge in [0.05, 0.1) is 21.8 Å². The lowest BCUT2D eigenvalue weighted by molar-refractivity contribution is -0.394. The fourth-order valence-corrected chi connectivity index (χ4v) is 1.83. The van der Waals surface area contributed by atoms with Crippen LogP contribution in [0.3, 0.4) is 0 Å². The van der Waals surface area contributed by atoms with Crippen LogP contribution in [0.2, 0.25) is 0 Å². The number of rotatable bonds is 4.